The van der Waals surface area contributed by atoms with Crippen LogP contribution < -0.4 is 18.9 Å². The predicted molar refractivity (Wildman–Crippen MR) is 306 cm³/mol. The van der Waals surface area contributed by atoms with Gasteiger partial charge in [0.05, 0.1) is 73.0 Å². The Morgan fingerprint density at radius 3 is 1.52 bits per heavy atom. The van der Waals surface area contributed by atoms with Crippen LogP contribution in [0.1, 0.15) is 68.3 Å². The van der Waals surface area contributed by atoms with E-state index in [9.17, 15) is 14.4 Å². The number of fused-ring (bicyclic) bond motifs is 4. The van der Waals surface area contributed by atoms with Gasteiger partial charge in [0.1, 0.15) is 23.0 Å². The molecule has 77 heavy (non-hydrogen) atoms. The number of phenolic OH excluding ortho intramolecular Hbond substituents is 2. The third kappa shape index (κ3) is 14.4. The van der Waals surface area contributed by atoms with Crippen molar-refractivity contribution in [2.24, 2.45) is 0 Å². The standard InChI is InChI=1S/C20H14O2.C16H18N4O3S.C16H18N4O2S.C4H10O2.C2H6/c21-17-11-9-13-5-1-3-7-15(13)19(17)20-16-8-4-2-6-14(16)10-12-18(20)22;1-9-7-17-12(10(2)14(9)23-4)8-24(21)16-18-11-5-6-13(22-3)19-15(11)20-16;1-9-7-17-12(10(2)14(9)22-4)8-23-16-18-11-5-6-13(21-3)19-15(11)20-16;1-4(2,3)6-5;1-2/h1-12,21-22H;5-7H,8H2,1-4H3,(H,18,19,20);5-7H,8H2,1-4H3,(H,18,19,20);5H,1-3H3;1-2H3. The van der Waals surface area contributed by atoms with Gasteiger partial charge >= 0.3 is 0 Å². The maximum absolute atomic E-state index is 12.7. The van der Waals surface area contributed by atoms with Crippen molar-refractivity contribution >= 4 is 66.4 Å². The van der Waals surface area contributed by atoms with Crippen LogP contribution in [0.15, 0.2) is 120 Å². The Hall–Kier alpha value is -7.84. The summed E-state index contributed by atoms with van der Waals surface area (Å²) >= 11 is 1.59. The quantitative estimate of drug-likeness (QED) is 0.0460. The third-order valence-electron chi connectivity index (χ3n) is 11.7. The molecule has 0 amide bonds. The Morgan fingerprint density at radius 2 is 1.04 bits per heavy atom. The number of hydrogen-bond acceptors (Lipinski definition) is 16. The van der Waals surface area contributed by atoms with Gasteiger partial charge < -0.3 is 39.1 Å². The number of aromatic hydroxyl groups is 2. The van der Waals surface area contributed by atoms with E-state index in [1.54, 1.807) is 91.4 Å². The number of methoxy groups -OCH3 is 4. The van der Waals surface area contributed by atoms with Crippen LogP contribution in [0.3, 0.4) is 0 Å². The van der Waals surface area contributed by atoms with E-state index >= 15 is 0 Å². The van der Waals surface area contributed by atoms with Crippen LogP contribution in [0.25, 0.3) is 55.0 Å². The number of ether oxygens (including phenoxy) is 4. The zero-order valence-electron chi connectivity index (χ0n) is 45.6. The first-order valence-electron chi connectivity index (χ1n) is 24.5. The number of benzene rings is 4. The van der Waals surface area contributed by atoms with Crippen molar-refractivity contribution in [1.29, 1.82) is 0 Å². The molecule has 0 radical (unpaired) electrons. The molecule has 0 spiro atoms. The normalized spacial score (nSPS) is 11.3. The summed E-state index contributed by atoms with van der Waals surface area (Å²) in [6.07, 6.45) is 3.57. The highest BCUT2D eigenvalue weighted by Crippen LogP contribution is 2.44. The Balaban J connectivity index is 0.000000175. The summed E-state index contributed by atoms with van der Waals surface area (Å²) in [6.45, 7) is 17.2. The van der Waals surface area contributed by atoms with Gasteiger partial charge in [-0.1, -0.05) is 86.3 Å². The number of thioether (sulfide) groups is 1. The molecule has 17 nitrogen and oxygen atoms in total. The average molecular weight is 1080 g/mol. The number of hydrogen-bond donors (Lipinski definition) is 5. The number of nitrogens with zero attached hydrogens (tertiary/aromatic N) is 6. The van der Waals surface area contributed by atoms with E-state index in [-0.39, 0.29) is 17.3 Å². The van der Waals surface area contributed by atoms with E-state index in [0.29, 0.717) is 50.6 Å². The third-order valence-corrected chi connectivity index (χ3v) is 13.7. The molecule has 10 aromatic rings. The van der Waals surface area contributed by atoms with Gasteiger partial charge in [0.25, 0.3) is 0 Å². The molecular weight excluding hydrogens is 1020 g/mol. The lowest BCUT2D eigenvalue weighted by molar-refractivity contribution is -0.306. The summed E-state index contributed by atoms with van der Waals surface area (Å²) < 4.78 is 33.7. The maximum atomic E-state index is 12.7. The Kier molecular flexibility index (Phi) is 20.3. The largest absolute Gasteiger partial charge is 0.507 e. The summed E-state index contributed by atoms with van der Waals surface area (Å²) in [6, 6.07) is 30.1. The monoisotopic (exact) mass is 1080 g/mol. The fourth-order valence-corrected chi connectivity index (χ4v) is 9.90. The zero-order chi connectivity index (χ0) is 56.0. The minimum atomic E-state index is -1.37. The molecular formula is C58H66N8O9S2. The van der Waals surface area contributed by atoms with Crippen molar-refractivity contribution in [3.05, 3.63) is 143 Å². The van der Waals surface area contributed by atoms with Crippen molar-refractivity contribution in [2.45, 2.75) is 89.7 Å². The SMILES string of the molecule is CC.CC(C)(C)OO.COc1ccc2[nH]c(S(=O)Cc3ncc(C)c(OC)c3C)nc2n1.COc1ccc2[nH]c(SCc3ncc(C)c(OC)c3C)nc2n1.Oc1ccc2ccccc2c1-c1c(O)ccc2ccccc12. The van der Waals surface area contributed by atoms with Crippen LogP contribution in [0.4, 0.5) is 0 Å². The molecule has 0 saturated heterocycles. The van der Waals surface area contributed by atoms with E-state index in [1.165, 1.54) is 0 Å². The summed E-state index contributed by atoms with van der Waals surface area (Å²) in [7, 11) is 5.07. The number of aryl methyl sites for hydroxylation is 2. The van der Waals surface area contributed by atoms with Crippen LogP contribution in [-0.2, 0) is 27.2 Å². The molecule has 0 fully saturated rings. The van der Waals surface area contributed by atoms with Crippen molar-refractivity contribution in [3.8, 4) is 45.9 Å². The van der Waals surface area contributed by atoms with Crippen molar-refractivity contribution < 1.29 is 43.5 Å². The van der Waals surface area contributed by atoms with Gasteiger partial charge in [-0.3, -0.25) is 19.4 Å². The molecule has 6 heterocycles. The van der Waals surface area contributed by atoms with Gasteiger partial charge in [0, 0.05) is 63.7 Å². The lowest BCUT2D eigenvalue weighted by Gasteiger charge is -2.14. The van der Waals surface area contributed by atoms with E-state index in [4.69, 9.17) is 24.2 Å². The molecule has 0 aliphatic rings. The first-order chi connectivity index (χ1) is 37.0. The number of aromatic amines is 2. The molecule has 1 unspecified atom stereocenters. The Bertz CT molecular complexity index is 3550. The number of nitrogens with one attached hydrogen (secondary N) is 2. The fourth-order valence-electron chi connectivity index (χ4n) is 7.92. The highest BCUT2D eigenvalue weighted by Gasteiger charge is 2.19. The van der Waals surface area contributed by atoms with Gasteiger partial charge in [0.15, 0.2) is 21.6 Å². The zero-order valence-corrected chi connectivity index (χ0v) is 47.2. The lowest BCUT2D eigenvalue weighted by Crippen LogP contribution is -2.15. The Labute approximate surface area is 454 Å². The predicted octanol–water partition coefficient (Wildman–Crippen LogP) is 12.9. The highest BCUT2D eigenvalue weighted by molar-refractivity contribution is 7.98. The highest BCUT2D eigenvalue weighted by atomic mass is 32.2. The fraction of sp³-hybridized carbons (Fsp3) is 0.276. The number of phenols is 2. The van der Waals surface area contributed by atoms with E-state index in [2.05, 4.69) is 44.8 Å². The first-order valence-corrected chi connectivity index (χ1v) is 26.8. The van der Waals surface area contributed by atoms with Gasteiger partial charge in [-0.25, -0.2) is 14.9 Å². The van der Waals surface area contributed by atoms with Crippen LogP contribution in [0.5, 0.6) is 34.8 Å². The number of aromatic nitrogens is 8. The number of rotatable bonds is 11. The topological polar surface area (TPSA) is 233 Å². The minimum absolute atomic E-state index is 0.172. The average Bonchev–Trinajstić information content (AvgIpc) is 4.07. The van der Waals surface area contributed by atoms with E-state index in [0.717, 1.165) is 77.4 Å². The van der Waals surface area contributed by atoms with E-state index < -0.39 is 16.4 Å². The molecule has 0 bridgehead atoms. The molecule has 19 heteroatoms. The molecule has 0 saturated carbocycles. The lowest BCUT2D eigenvalue weighted by atomic mass is 9.92. The Morgan fingerprint density at radius 1 is 0.584 bits per heavy atom. The van der Waals surface area contributed by atoms with Crippen LogP contribution >= 0.6 is 11.8 Å². The minimum Gasteiger partial charge on any atom is -0.507 e. The summed E-state index contributed by atoms with van der Waals surface area (Å²) in [5.74, 6) is 3.99. The van der Waals surface area contributed by atoms with Crippen LogP contribution in [0, 0.1) is 27.7 Å². The molecule has 1 atom stereocenters. The number of imidazole rings is 2. The number of pyridine rings is 4. The van der Waals surface area contributed by atoms with E-state index in [1.807, 2.05) is 121 Å². The van der Waals surface area contributed by atoms with Gasteiger partial charge in [-0.2, -0.15) is 9.97 Å². The molecule has 404 valence electrons. The van der Waals surface area contributed by atoms with Crippen LogP contribution in [-0.4, -0.2) is 93.6 Å². The van der Waals surface area contributed by atoms with Crippen molar-refractivity contribution in [3.63, 3.8) is 0 Å². The molecule has 6 aromatic heterocycles. The summed E-state index contributed by atoms with van der Waals surface area (Å²) in [5, 5.41) is 33.9. The summed E-state index contributed by atoms with van der Waals surface area (Å²) in [5.41, 5.74) is 9.33. The summed E-state index contributed by atoms with van der Waals surface area (Å²) in [4.78, 5) is 36.4. The van der Waals surface area contributed by atoms with Crippen molar-refractivity contribution in [2.75, 3.05) is 28.4 Å². The van der Waals surface area contributed by atoms with Crippen LogP contribution in [0.2, 0.25) is 0 Å². The number of H-pyrrole nitrogens is 2. The second-order valence-corrected chi connectivity index (χ2v) is 20.3. The second-order valence-electron chi connectivity index (χ2n) is 18.0. The van der Waals surface area contributed by atoms with Gasteiger partial charge in [0.2, 0.25) is 11.8 Å². The molecule has 0 aliphatic carbocycles. The molecule has 10 rings (SSSR count). The maximum Gasteiger partial charge on any atom is 0.215 e. The van der Waals surface area contributed by atoms with Gasteiger partial charge in [-0.15, -0.1) is 0 Å². The second kappa shape index (κ2) is 26.8. The molecule has 5 N–H and O–H groups in total. The van der Waals surface area contributed by atoms with Gasteiger partial charge in [-0.05, 0) is 94.3 Å². The first kappa shape index (κ1) is 58.4. The molecule has 0 aliphatic heterocycles. The smallest absolute Gasteiger partial charge is 0.215 e. The molecule has 4 aromatic carbocycles. The van der Waals surface area contributed by atoms with Crippen molar-refractivity contribution in [1.82, 2.24) is 39.9 Å².